The molecule has 1 aromatic heterocycles. The van der Waals surface area contributed by atoms with E-state index in [2.05, 4.69) is 47.7 Å². The number of nitrogens with zero attached hydrogens (tertiary/aromatic N) is 2. The van der Waals surface area contributed by atoms with Gasteiger partial charge in [-0.25, -0.2) is 4.98 Å². The van der Waals surface area contributed by atoms with Gasteiger partial charge in [-0.15, -0.1) is 0 Å². The predicted octanol–water partition coefficient (Wildman–Crippen LogP) is 4.11. The van der Waals surface area contributed by atoms with E-state index in [1.54, 1.807) is 0 Å². The first-order chi connectivity index (χ1) is 10.7. The van der Waals surface area contributed by atoms with E-state index < -0.39 is 0 Å². The minimum atomic E-state index is -0.0821. The lowest BCUT2D eigenvalue weighted by molar-refractivity contribution is 0.282. The molecule has 0 aliphatic carbocycles. The molecule has 0 spiro atoms. The Morgan fingerprint density at radius 1 is 1.23 bits per heavy atom. The van der Waals surface area contributed by atoms with Crippen LogP contribution in [-0.2, 0) is 19.4 Å². The van der Waals surface area contributed by atoms with Crippen LogP contribution < -0.4 is 0 Å². The molecule has 0 fully saturated rings. The average Bonchev–Trinajstić information content (AvgIpc) is 2.91. The number of benzene rings is 2. The van der Waals surface area contributed by atoms with Gasteiger partial charge in [0.25, 0.3) is 0 Å². The Morgan fingerprint density at radius 2 is 1.95 bits per heavy atom. The number of aliphatic hydroxyl groups is 1. The van der Waals surface area contributed by atoms with Crippen molar-refractivity contribution in [1.29, 1.82) is 0 Å². The lowest BCUT2D eigenvalue weighted by atomic mass is 10.1. The summed E-state index contributed by atoms with van der Waals surface area (Å²) in [4.78, 5) is 4.68. The van der Waals surface area contributed by atoms with E-state index in [0.29, 0.717) is 10.6 Å². The average molecular weight is 314 g/mol. The maximum atomic E-state index is 9.36. The van der Waals surface area contributed by atoms with Gasteiger partial charge in [0.05, 0.1) is 17.6 Å². The van der Waals surface area contributed by atoms with Gasteiger partial charge >= 0.3 is 0 Å². The van der Waals surface area contributed by atoms with E-state index in [9.17, 15) is 5.11 Å². The first-order valence-corrected chi connectivity index (χ1v) is 7.75. The quantitative estimate of drug-likeness (QED) is 0.787. The van der Waals surface area contributed by atoms with Crippen LogP contribution in [0, 0.1) is 6.92 Å². The number of aromatic nitrogens is 2. The monoisotopic (exact) mass is 313 g/mol. The van der Waals surface area contributed by atoms with Gasteiger partial charge in [0, 0.05) is 17.1 Å². The van der Waals surface area contributed by atoms with Gasteiger partial charge in [0.15, 0.2) is 0 Å². The van der Waals surface area contributed by atoms with E-state index in [4.69, 9.17) is 11.6 Å². The number of hydrogen-bond donors (Lipinski definition) is 1. The molecule has 4 heteroatoms. The van der Waals surface area contributed by atoms with E-state index >= 15 is 0 Å². The van der Waals surface area contributed by atoms with Gasteiger partial charge in [-0.3, -0.25) is 4.57 Å². The molecule has 0 amide bonds. The van der Waals surface area contributed by atoms with Crippen molar-refractivity contribution in [3.63, 3.8) is 0 Å². The number of imidazole rings is 1. The summed E-state index contributed by atoms with van der Waals surface area (Å²) in [5, 5.41) is 9.92. The van der Waals surface area contributed by atoms with E-state index in [-0.39, 0.29) is 6.61 Å². The third kappa shape index (κ3) is 2.51. The molecule has 0 aliphatic heterocycles. The van der Waals surface area contributed by atoms with Crippen molar-refractivity contribution in [3.05, 3.63) is 65.3 Å². The van der Waals surface area contributed by atoms with Crippen LogP contribution in [0.5, 0.6) is 0 Å². The van der Waals surface area contributed by atoms with Gasteiger partial charge in [0.1, 0.15) is 5.82 Å². The van der Waals surface area contributed by atoms with Gasteiger partial charge < -0.3 is 5.11 Å². The molecule has 2 aromatic carbocycles. The zero-order valence-electron chi connectivity index (χ0n) is 12.5. The zero-order chi connectivity index (χ0) is 15.7. The summed E-state index contributed by atoms with van der Waals surface area (Å²) in [6.45, 7) is 5.90. The molecule has 0 saturated carbocycles. The van der Waals surface area contributed by atoms with Gasteiger partial charge in [0.2, 0.25) is 0 Å². The molecular formula is C18H18ClN2O. The lowest BCUT2D eigenvalue weighted by Crippen LogP contribution is -2.00. The third-order valence-corrected chi connectivity index (χ3v) is 4.21. The normalized spacial score (nSPS) is 11.3. The molecule has 0 unspecified atom stereocenters. The second-order valence-electron chi connectivity index (χ2n) is 5.22. The van der Waals surface area contributed by atoms with Crippen LogP contribution >= 0.6 is 11.6 Å². The fraction of sp³-hybridized carbons (Fsp3) is 0.222. The minimum absolute atomic E-state index is 0.0821. The highest BCUT2D eigenvalue weighted by Crippen LogP contribution is 2.28. The summed E-state index contributed by atoms with van der Waals surface area (Å²) >= 11 is 6.25. The van der Waals surface area contributed by atoms with Crippen LogP contribution in [0.3, 0.4) is 0 Å². The fourth-order valence-corrected chi connectivity index (χ4v) is 2.87. The number of aryl methyl sites for hydroxylation is 1. The fourth-order valence-electron chi connectivity index (χ4n) is 2.65. The number of halogens is 1. The molecule has 1 N–H and O–H groups in total. The Labute approximate surface area is 135 Å². The predicted molar refractivity (Wildman–Crippen MR) is 90.4 cm³/mol. The van der Waals surface area contributed by atoms with Crippen molar-refractivity contribution in [1.82, 2.24) is 9.55 Å². The summed E-state index contributed by atoms with van der Waals surface area (Å²) < 4.78 is 2.12. The van der Waals surface area contributed by atoms with Crippen LogP contribution in [-0.4, -0.2) is 14.7 Å². The molecule has 1 heterocycles. The Balaban J connectivity index is 2.24. The van der Waals surface area contributed by atoms with Crippen molar-refractivity contribution in [2.75, 3.05) is 0 Å². The maximum Gasteiger partial charge on any atom is 0.114 e. The lowest BCUT2D eigenvalue weighted by Gasteiger charge is -2.10. The zero-order valence-corrected chi connectivity index (χ0v) is 13.3. The van der Waals surface area contributed by atoms with Crippen LogP contribution in [0.1, 0.15) is 23.9 Å². The van der Waals surface area contributed by atoms with Crippen LogP contribution in [0.2, 0.25) is 5.02 Å². The molecule has 3 nitrogen and oxygen atoms in total. The summed E-state index contributed by atoms with van der Waals surface area (Å²) in [6, 6.07) is 12.1. The second-order valence-corrected chi connectivity index (χ2v) is 5.63. The number of fused-ring (bicyclic) bond motifs is 1. The molecule has 1 radical (unpaired) electrons. The SMILES string of the molecule is [CH2]Cc1ccc(-n2c(CC)nc3cc(CO)c(Cl)cc32)cc1. The van der Waals surface area contributed by atoms with E-state index in [0.717, 1.165) is 35.4 Å². The smallest absolute Gasteiger partial charge is 0.114 e. The van der Waals surface area contributed by atoms with Gasteiger partial charge in [-0.05, 0) is 48.7 Å². The van der Waals surface area contributed by atoms with E-state index in [1.807, 2.05) is 12.1 Å². The largest absolute Gasteiger partial charge is 0.392 e. The first-order valence-electron chi connectivity index (χ1n) is 7.37. The van der Waals surface area contributed by atoms with Crippen LogP contribution in [0.15, 0.2) is 36.4 Å². The Bertz CT molecular complexity index is 806. The van der Waals surface area contributed by atoms with Gasteiger partial charge in [-0.1, -0.05) is 30.7 Å². The molecule has 22 heavy (non-hydrogen) atoms. The van der Waals surface area contributed by atoms with Crippen molar-refractivity contribution in [2.45, 2.75) is 26.4 Å². The Morgan fingerprint density at radius 3 is 2.55 bits per heavy atom. The number of rotatable bonds is 4. The maximum absolute atomic E-state index is 9.36. The number of aliphatic hydroxyl groups excluding tert-OH is 1. The number of hydrogen-bond acceptors (Lipinski definition) is 2. The molecule has 3 aromatic rings. The van der Waals surface area contributed by atoms with Crippen LogP contribution in [0.4, 0.5) is 0 Å². The highest BCUT2D eigenvalue weighted by Gasteiger charge is 2.13. The first kappa shape index (κ1) is 15.1. The molecular weight excluding hydrogens is 296 g/mol. The highest BCUT2D eigenvalue weighted by molar-refractivity contribution is 6.32. The highest BCUT2D eigenvalue weighted by atomic mass is 35.5. The Kier molecular flexibility index (Phi) is 4.19. The standard InChI is InChI=1S/C18H18ClN2O/c1-3-12-5-7-14(8-6-12)21-17-10-15(19)13(11-22)9-16(17)20-18(21)4-2/h5-10,22H,1,3-4,11H2,2H3. The molecule has 113 valence electrons. The van der Waals surface area contributed by atoms with Crippen molar-refractivity contribution in [3.8, 4) is 5.69 Å². The summed E-state index contributed by atoms with van der Waals surface area (Å²) in [5.74, 6) is 0.975. The topological polar surface area (TPSA) is 38.0 Å². The molecule has 0 atom stereocenters. The molecule has 0 bridgehead atoms. The molecule has 0 aliphatic rings. The summed E-state index contributed by atoms with van der Waals surface area (Å²) in [6.07, 6.45) is 1.59. The van der Waals surface area contributed by atoms with Gasteiger partial charge in [-0.2, -0.15) is 0 Å². The second kappa shape index (κ2) is 6.11. The van der Waals surface area contributed by atoms with Crippen molar-refractivity contribution >= 4 is 22.6 Å². The van der Waals surface area contributed by atoms with Crippen LogP contribution in [0.25, 0.3) is 16.7 Å². The van der Waals surface area contributed by atoms with E-state index in [1.165, 1.54) is 5.56 Å². The molecule has 0 saturated heterocycles. The van der Waals surface area contributed by atoms with Crippen molar-refractivity contribution < 1.29 is 5.11 Å². The molecule has 3 rings (SSSR count). The third-order valence-electron chi connectivity index (χ3n) is 3.86. The minimum Gasteiger partial charge on any atom is -0.392 e. The Hall–Kier alpha value is -1.84. The summed E-state index contributed by atoms with van der Waals surface area (Å²) in [7, 11) is 0. The summed E-state index contributed by atoms with van der Waals surface area (Å²) in [5.41, 5.74) is 4.78. The van der Waals surface area contributed by atoms with Crippen molar-refractivity contribution in [2.24, 2.45) is 0 Å².